The molecule has 4 rings (SSSR count). The fourth-order valence-electron chi connectivity index (χ4n) is 3.46. The van der Waals surface area contributed by atoms with E-state index in [1.54, 1.807) is 0 Å². The van der Waals surface area contributed by atoms with E-state index in [9.17, 15) is 4.79 Å². The normalized spacial score (nSPS) is 20.8. The summed E-state index contributed by atoms with van der Waals surface area (Å²) in [5.41, 5.74) is 2.07. The molecule has 2 fully saturated rings. The molecule has 2 aliphatic rings. The fraction of sp³-hybridized carbons (Fsp3) is 0.647. The van der Waals surface area contributed by atoms with Crippen molar-refractivity contribution in [2.75, 3.05) is 6.54 Å². The summed E-state index contributed by atoms with van der Waals surface area (Å²) in [6.07, 6.45) is 4.62. The van der Waals surface area contributed by atoms with Gasteiger partial charge in [-0.15, -0.1) is 0 Å². The van der Waals surface area contributed by atoms with Crippen molar-refractivity contribution < 1.29 is 9.32 Å². The number of hydrogen-bond acceptors (Lipinski definition) is 5. The Labute approximate surface area is 141 Å². The zero-order chi connectivity index (χ0) is 16.7. The molecule has 1 atom stereocenters. The van der Waals surface area contributed by atoms with Crippen molar-refractivity contribution in [2.45, 2.75) is 64.5 Å². The number of aryl methyl sites for hydroxylation is 3. The van der Waals surface area contributed by atoms with Gasteiger partial charge in [0, 0.05) is 31.1 Å². The number of likely N-dealkylation sites (tertiary alicyclic amines) is 1. The lowest BCUT2D eigenvalue weighted by atomic mass is 10.2. The van der Waals surface area contributed by atoms with Crippen molar-refractivity contribution in [1.29, 1.82) is 0 Å². The summed E-state index contributed by atoms with van der Waals surface area (Å²) < 4.78 is 7.26. The SMILES string of the molecule is Cc1cc(C)n(CCC(=O)N2CCC[C@@H]2c2noc(C3CC3)n2)n1. The van der Waals surface area contributed by atoms with Crippen LogP contribution in [0.25, 0.3) is 0 Å². The second kappa shape index (κ2) is 6.03. The lowest BCUT2D eigenvalue weighted by Gasteiger charge is -2.22. The molecule has 0 radical (unpaired) electrons. The van der Waals surface area contributed by atoms with E-state index in [2.05, 4.69) is 15.2 Å². The third-order valence-electron chi connectivity index (χ3n) is 4.90. The molecule has 24 heavy (non-hydrogen) atoms. The Kier molecular flexibility index (Phi) is 3.86. The second-order valence-corrected chi connectivity index (χ2v) is 6.91. The summed E-state index contributed by atoms with van der Waals surface area (Å²) in [6, 6.07) is 2.00. The van der Waals surface area contributed by atoms with E-state index in [1.807, 2.05) is 29.5 Å². The molecule has 0 bridgehead atoms. The molecule has 1 aliphatic heterocycles. The molecule has 1 saturated carbocycles. The number of carbonyl (C=O) groups excluding carboxylic acids is 1. The van der Waals surface area contributed by atoms with Gasteiger partial charge in [0.2, 0.25) is 11.8 Å². The Morgan fingerprint density at radius 3 is 2.88 bits per heavy atom. The smallest absolute Gasteiger partial charge is 0.229 e. The molecule has 0 aromatic carbocycles. The number of aromatic nitrogens is 4. The van der Waals surface area contributed by atoms with Crippen LogP contribution < -0.4 is 0 Å². The first-order chi connectivity index (χ1) is 11.6. The van der Waals surface area contributed by atoms with Crippen molar-refractivity contribution in [2.24, 2.45) is 0 Å². The summed E-state index contributed by atoms with van der Waals surface area (Å²) in [7, 11) is 0. The predicted octanol–water partition coefficient (Wildman–Crippen LogP) is 2.51. The van der Waals surface area contributed by atoms with Crippen molar-refractivity contribution in [3.05, 3.63) is 29.2 Å². The predicted molar refractivity (Wildman–Crippen MR) is 86.3 cm³/mol. The van der Waals surface area contributed by atoms with E-state index >= 15 is 0 Å². The molecule has 1 amide bonds. The lowest BCUT2D eigenvalue weighted by molar-refractivity contribution is -0.132. The first kappa shape index (κ1) is 15.4. The quantitative estimate of drug-likeness (QED) is 0.842. The van der Waals surface area contributed by atoms with Gasteiger partial charge >= 0.3 is 0 Å². The van der Waals surface area contributed by atoms with E-state index in [0.29, 0.717) is 24.7 Å². The molecule has 128 valence electrons. The topological polar surface area (TPSA) is 77.0 Å². The molecule has 0 spiro atoms. The summed E-state index contributed by atoms with van der Waals surface area (Å²) in [4.78, 5) is 19.1. The van der Waals surface area contributed by atoms with Gasteiger partial charge in [0.25, 0.3) is 0 Å². The van der Waals surface area contributed by atoms with Crippen molar-refractivity contribution >= 4 is 5.91 Å². The molecule has 7 heteroatoms. The van der Waals surface area contributed by atoms with E-state index in [4.69, 9.17) is 4.52 Å². The molecule has 0 N–H and O–H groups in total. The fourth-order valence-corrected chi connectivity index (χ4v) is 3.46. The maximum absolute atomic E-state index is 12.7. The summed E-state index contributed by atoms with van der Waals surface area (Å²) in [6.45, 7) is 5.37. The zero-order valence-electron chi connectivity index (χ0n) is 14.2. The van der Waals surface area contributed by atoms with E-state index in [-0.39, 0.29) is 11.9 Å². The third kappa shape index (κ3) is 2.95. The second-order valence-electron chi connectivity index (χ2n) is 6.91. The van der Waals surface area contributed by atoms with Gasteiger partial charge in [0.15, 0.2) is 5.82 Å². The first-order valence-electron chi connectivity index (χ1n) is 8.76. The van der Waals surface area contributed by atoms with Gasteiger partial charge < -0.3 is 9.42 Å². The minimum absolute atomic E-state index is 0.0331. The van der Waals surface area contributed by atoms with Gasteiger partial charge in [-0.1, -0.05) is 5.16 Å². The molecular formula is C17H23N5O2. The van der Waals surface area contributed by atoms with Gasteiger partial charge in [-0.3, -0.25) is 9.48 Å². The molecule has 1 aliphatic carbocycles. The minimum atomic E-state index is -0.0331. The molecule has 3 heterocycles. The van der Waals surface area contributed by atoms with Gasteiger partial charge in [-0.05, 0) is 45.6 Å². The van der Waals surface area contributed by atoms with Gasteiger partial charge in [0.1, 0.15) is 0 Å². The molecule has 2 aromatic heterocycles. The Morgan fingerprint density at radius 1 is 1.33 bits per heavy atom. The van der Waals surface area contributed by atoms with Crippen molar-refractivity contribution in [3.63, 3.8) is 0 Å². The monoisotopic (exact) mass is 329 g/mol. The van der Waals surface area contributed by atoms with Crippen LogP contribution in [0.15, 0.2) is 10.6 Å². The van der Waals surface area contributed by atoms with E-state index in [0.717, 1.165) is 49.5 Å². The number of rotatable bonds is 5. The maximum Gasteiger partial charge on any atom is 0.229 e. The first-order valence-corrected chi connectivity index (χ1v) is 8.76. The van der Waals surface area contributed by atoms with Crippen LogP contribution in [-0.4, -0.2) is 37.3 Å². The highest BCUT2D eigenvalue weighted by Crippen LogP contribution is 2.40. The van der Waals surface area contributed by atoms with Gasteiger partial charge in [-0.2, -0.15) is 10.1 Å². The highest BCUT2D eigenvalue weighted by atomic mass is 16.5. The van der Waals surface area contributed by atoms with Crippen LogP contribution in [0, 0.1) is 13.8 Å². The van der Waals surface area contributed by atoms with Crippen molar-refractivity contribution in [3.8, 4) is 0 Å². The van der Waals surface area contributed by atoms with Crippen LogP contribution >= 0.6 is 0 Å². The Morgan fingerprint density at radius 2 is 2.17 bits per heavy atom. The molecule has 7 nitrogen and oxygen atoms in total. The van der Waals surface area contributed by atoms with Gasteiger partial charge in [0.05, 0.1) is 11.7 Å². The van der Waals surface area contributed by atoms with Crippen molar-refractivity contribution in [1.82, 2.24) is 24.8 Å². The lowest BCUT2D eigenvalue weighted by Crippen LogP contribution is -2.31. The van der Waals surface area contributed by atoms with Crippen LogP contribution in [0.2, 0.25) is 0 Å². The largest absolute Gasteiger partial charge is 0.339 e. The van der Waals surface area contributed by atoms with Crippen LogP contribution in [0.4, 0.5) is 0 Å². The van der Waals surface area contributed by atoms with Crippen LogP contribution in [0.5, 0.6) is 0 Å². The molecular weight excluding hydrogens is 306 g/mol. The summed E-state index contributed by atoms with van der Waals surface area (Å²) in [5, 5.41) is 8.55. The molecule has 2 aromatic rings. The zero-order valence-corrected chi connectivity index (χ0v) is 14.2. The summed E-state index contributed by atoms with van der Waals surface area (Å²) in [5.74, 6) is 2.01. The Bertz CT molecular complexity index is 746. The Balaban J connectivity index is 1.41. The highest BCUT2D eigenvalue weighted by Gasteiger charge is 2.35. The van der Waals surface area contributed by atoms with Crippen LogP contribution in [0.3, 0.4) is 0 Å². The number of amides is 1. The minimum Gasteiger partial charge on any atom is -0.339 e. The van der Waals surface area contributed by atoms with E-state index in [1.165, 1.54) is 0 Å². The number of carbonyl (C=O) groups is 1. The summed E-state index contributed by atoms with van der Waals surface area (Å²) >= 11 is 0. The standard InChI is InChI=1S/C17H23N5O2/c1-11-10-12(2)22(19-11)9-7-15(23)21-8-3-4-14(21)16-18-17(24-20-16)13-5-6-13/h10,13-14H,3-9H2,1-2H3/t14-/m1/s1. The average Bonchev–Trinajstić information content (AvgIpc) is 2.98. The highest BCUT2D eigenvalue weighted by molar-refractivity contribution is 5.76. The number of hydrogen-bond donors (Lipinski definition) is 0. The maximum atomic E-state index is 12.7. The number of nitrogens with zero attached hydrogens (tertiary/aromatic N) is 5. The van der Waals surface area contributed by atoms with Crippen LogP contribution in [-0.2, 0) is 11.3 Å². The van der Waals surface area contributed by atoms with E-state index < -0.39 is 0 Å². The van der Waals surface area contributed by atoms with Gasteiger partial charge in [-0.25, -0.2) is 0 Å². The average molecular weight is 329 g/mol. The third-order valence-corrected chi connectivity index (χ3v) is 4.90. The molecule has 1 saturated heterocycles. The Hall–Kier alpha value is -2.18. The molecule has 0 unspecified atom stereocenters. The van der Waals surface area contributed by atoms with Crippen LogP contribution in [0.1, 0.15) is 67.2 Å².